The van der Waals surface area contributed by atoms with Crippen molar-refractivity contribution >= 4 is 17.9 Å². The molecule has 0 radical (unpaired) electrons. The third-order valence-corrected chi connectivity index (χ3v) is 10.9. The van der Waals surface area contributed by atoms with E-state index in [1.807, 2.05) is 0 Å². The molecule has 0 aliphatic carbocycles. The zero-order valence-electron chi connectivity index (χ0n) is 40.5. The Bertz CT molecular complexity index is 827. The number of carbonyl (C=O) groups excluding carboxylic acids is 3. The Morgan fingerprint density at radius 2 is 0.410 bits per heavy atom. The van der Waals surface area contributed by atoms with E-state index in [0.29, 0.717) is 0 Å². The Morgan fingerprint density at radius 1 is 0.262 bits per heavy atom. The zero-order valence-corrected chi connectivity index (χ0v) is 42.9. The molecule has 0 N–H and O–H groups in total. The first-order valence-electron chi connectivity index (χ1n) is 25.9. The number of carboxylic acid groups (broad SMARTS) is 3. The molecule has 0 aromatic heterocycles. The normalized spacial score (nSPS) is 11.1. The molecular formula is C54H99EuO6. The van der Waals surface area contributed by atoms with Gasteiger partial charge in [-0.3, -0.25) is 0 Å². The zero-order chi connectivity index (χ0) is 44.7. The summed E-state index contributed by atoms with van der Waals surface area (Å²) in [5.74, 6) is -2.74. The number of rotatable bonds is 45. The van der Waals surface area contributed by atoms with E-state index < -0.39 is 17.9 Å². The molecule has 0 aliphatic rings. The van der Waals surface area contributed by atoms with Crippen LogP contribution < -0.4 is 15.3 Å². The van der Waals surface area contributed by atoms with Crippen LogP contribution in [-0.2, 0) is 14.4 Å². The van der Waals surface area contributed by atoms with Gasteiger partial charge in [0.2, 0.25) is 0 Å². The fraction of sp³-hybridized carbons (Fsp3) is 0.833. The molecule has 358 valence electrons. The van der Waals surface area contributed by atoms with E-state index in [2.05, 4.69) is 57.2 Å². The largest absolute Gasteiger partial charge is 3.00 e. The molecule has 0 bridgehead atoms. The fourth-order valence-electron chi connectivity index (χ4n) is 7.02. The average molecular weight is 996 g/mol. The SMILES string of the molecule is CCCCCCCCC=CCCCCCCCC(=O)[O-].CCCCCCCCC=CCCCCCCCC(=O)[O-].CCCCCCCCC=CCCCCCCCC(=O)[O-].[Eu+3]. The molecule has 0 atom stereocenters. The Morgan fingerprint density at radius 3 is 0.574 bits per heavy atom. The average Bonchev–Trinajstić information content (AvgIpc) is 3.22. The second-order valence-electron chi connectivity index (χ2n) is 17.1. The summed E-state index contributed by atoms with van der Waals surface area (Å²) in [6.45, 7) is 6.77. The maximum atomic E-state index is 10.2. The van der Waals surface area contributed by atoms with E-state index >= 15 is 0 Å². The molecule has 6 nitrogen and oxygen atoms in total. The van der Waals surface area contributed by atoms with Gasteiger partial charge in [0.05, 0.1) is 0 Å². The van der Waals surface area contributed by atoms with Gasteiger partial charge >= 0.3 is 49.4 Å². The molecule has 0 aliphatic heterocycles. The van der Waals surface area contributed by atoms with Gasteiger partial charge in [0.15, 0.2) is 0 Å². The third-order valence-electron chi connectivity index (χ3n) is 10.9. The van der Waals surface area contributed by atoms with E-state index in [-0.39, 0.29) is 68.6 Å². The van der Waals surface area contributed by atoms with Gasteiger partial charge in [-0.25, -0.2) is 0 Å². The predicted octanol–water partition coefficient (Wildman–Crippen LogP) is 14.3. The smallest absolute Gasteiger partial charge is 0.550 e. The standard InChI is InChI=1S/3C18H34O2.Eu/c3*1-2-3-4-5-6-7-8-9-10-11-12-13-14-15-16-17-18(19)20;/h3*9-10H,2-8,11-17H2,1H3,(H,19,20);/q;;;+3/p-3. The molecule has 61 heavy (non-hydrogen) atoms. The van der Waals surface area contributed by atoms with Gasteiger partial charge < -0.3 is 29.7 Å². The molecule has 0 fully saturated rings. The summed E-state index contributed by atoms with van der Waals surface area (Å²) in [5, 5.41) is 30.6. The molecule has 0 amide bonds. The van der Waals surface area contributed by atoms with Gasteiger partial charge in [0, 0.05) is 17.9 Å². The van der Waals surface area contributed by atoms with Crippen molar-refractivity contribution in [3.63, 3.8) is 0 Å². The number of unbranched alkanes of at least 4 members (excludes halogenated alkanes) is 33. The fourth-order valence-corrected chi connectivity index (χ4v) is 7.02. The van der Waals surface area contributed by atoms with Crippen molar-refractivity contribution in [3.8, 4) is 0 Å². The molecule has 0 aromatic rings. The molecular weight excluding hydrogens is 897 g/mol. The van der Waals surface area contributed by atoms with Gasteiger partial charge in [0.25, 0.3) is 0 Å². The number of hydrogen-bond donors (Lipinski definition) is 0. The Kier molecular flexibility index (Phi) is 69.6. The summed E-state index contributed by atoms with van der Waals surface area (Å²) in [6.07, 6.45) is 62.7. The summed E-state index contributed by atoms with van der Waals surface area (Å²) in [6, 6.07) is 0. The first-order chi connectivity index (χ1) is 29.3. The second-order valence-corrected chi connectivity index (χ2v) is 17.1. The van der Waals surface area contributed by atoms with E-state index in [4.69, 9.17) is 0 Å². The van der Waals surface area contributed by atoms with Crippen LogP contribution in [-0.4, -0.2) is 17.9 Å². The summed E-state index contributed by atoms with van der Waals surface area (Å²) >= 11 is 0. The van der Waals surface area contributed by atoms with Crippen LogP contribution in [0, 0.1) is 49.4 Å². The number of carbonyl (C=O) groups is 3. The van der Waals surface area contributed by atoms with Crippen LogP contribution in [0.3, 0.4) is 0 Å². The van der Waals surface area contributed by atoms with Crippen LogP contribution in [0.25, 0.3) is 0 Å². The molecule has 0 heterocycles. The minimum Gasteiger partial charge on any atom is -0.550 e. The number of carboxylic acids is 3. The molecule has 0 unspecified atom stereocenters. The monoisotopic (exact) mass is 997 g/mol. The second kappa shape index (κ2) is 63.5. The minimum absolute atomic E-state index is 0. The van der Waals surface area contributed by atoms with Crippen molar-refractivity contribution in [1.82, 2.24) is 0 Å². The van der Waals surface area contributed by atoms with Crippen LogP contribution >= 0.6 is 0 Å². The van der Waals surface area contributed by atoms with Crippen LogP contribution in [0.5, 0.6) is 0 Å². The molecule has 0 aromatic carbocycles. The van der Waals surface area contributed by atoms with E-state index in [0.717, 1.165) is 57.8 Å². The topological polar surface area (TPSA) is 120 Å². The molecule has 0 rings (SSSR count). The number of allylic oxidation sites excluding steroid dienone is 6. The van der Waals surface area contributed by atoms with Crippen LogP contribution in [0.1, 0.15) is 290 Å². The molecule has 0 spiro atoms. The summed E-state index contributed by atoms with van der Waals surface area (Å²) in [7, 11) is 0. The maximum Gasteiger partial charge on any atom is 3.00 e. The quantitative estimate of drug-likeness (QED) is 0.0443. The summed E-state index contributed by atoms with van der Waals surface area (Å²) in [4.78, 5) is 30.6. The minimum atomic E-state index is -0.914. The Hall–Kier alpha value is -0.786. The number of aliphatic carboxylic acids is 3. The van der Waals surface area contributed by atoms with Gasteiger partial charge in [-0.05, 0) is 116 Å². The van der Waals surface area contributed by atoms with Gasteiger partial charge in [-0.1, -0.05) is 211 Å². The third kappa shape index (κ3) is 76.9. The van der Waals surface area contributed by atoms with Crippen molar-refractivity contribution in [1.29, 1.82) is 0 Å². The van der Waals surface area contributed by atoms with Crippen LogP contribution in [0.2, 0.25) is 0 Å². The first kappa shape index (κ1) is 66.8. The van der Waals surface area contributed by atoms with Crippen molar-refractivity contribution < 1.29 is 79.1 Å². The van der Waals surface area contributed by atoms with Crippen LogP contribution in [0.4, 0.5) is 0 Å². The van der Waals surface area contributed by atoms with Gasteiger partial charge in [0.1, 0.15) is 0 Å². The molecule has 0 saturated carbocycles. The van der Waals surface area contributed by atoms with Gasteiger partial charge in [-0.2, -0.15) is 0 Å². The molecule has 7 heteroatoms. The van der Waals surface area contributed by atoms with E-state index in [1.54, 1.807) is 0 Å². The maximum absolute atomic E-state index is 10.2. The van der Waals surface area contributed by atoms with E-state index in [1.165, 1.54) is 193 Å². The van der Waals surface area contributed by atoms with Gasteiger partial charge in [-0.15, -0.1) is 0 Å². The summed E-state index contributed by atoms with van der Waals surface area (Å²) < 4.78 is 0. The predicted molar refractivity (Wildman–Crippen MR) is 253 cm³/mol. The van der Waals surface area contributed by atoms with Crippen LogP contribution in [0.15, 0.2) is 36.5 Å². The first-order valence-corrected chi connectivity index (χ1v) is 25.9. The van der Waals surface area contributed by atoms with Crippen molar-refractivity contribution in [3.05, 3.63) is 36.5 Å². The molecule has 0 saturated heterocycles. The number of hydrogen-bond acceptors (Lipinski definition) is 6. The summed E-state index contributed by atoms with van der Waals surface area (Å²) in [5.41, 5.74) is 0. The van der Waals surface area contributed by atoms with Crippen molar-refractivity contribution in [2.24, 2.45) is 0 Å². The Balaban J connectivity index is -0.000000396. The van der Waals surface area contributed by atoms with E-state index in [9.17, 15) is 29.7 Å². The van der Waals surface area contributed by atoms with Crippen molar-refractivity contribution in [2.75, 3.05) is 0 Å². The van der Waals surface area contributed by atoms with Crippen molar-refractivity contribution in [2.45, 2.75) is 290 Å². The Labute approximate surface area is 420 Å².